The first-order chi connectivity index (χ1) is 10.1. The van der Waals surface area contributed by atoms with Gasteiger partial charge < -0.3 is 4.74 Å². The van der Waals surface area contributed by atoms with E-state index in [9.17, 15) is 8.42 Å². The summed E-state index contributed by atoms with van der Waals surface area (Å²) in [6.45, 7) is 0. The molecule has 1 aliphatic rings. The Morgan fingerprint density at radius 1 is 1.05 bits per heavy atom. The number of benzene rings is 2. The average molecular weight is 303 g/mol. The summed E-state index contributed by atoms with van der Waals surface area (Å²) in [6.07, 6.45) is 3.09. The van der Waals surface area contributed by atoms with E-state index >= 15 is 0 Å². The predicted octanol–water partition coefficient (Wildman–Crippen LogP) is 2.98. The van der Waals surface area contributed by atoms with Crippen LogP contribution in [0.25, 0.3) is 0 Å². The number of anilines is 1. The zero-order chi connectivity index (χ0) is 14.9. The molecule has 0 amide bonds. The van der Waals surface area contributed by atoms with Gasteiger partial charge in [0.05, 0.1) is 17.7 Å². The first-order valence-electron chi connectivity index (χ1n) is 6.88. The highest BCUT2D eigenvalue weighted by atomic mass is 32.2. The Labute approximate surface area is 124 Å². The number of ether oxygens (including phenoxy) is 1. The van der Waals surface area contributed by atoms with Gasteiger partial charge >= 0.3 is 0 Å². The Morgan fingerprint density at radius 2 is 1.81 bits per heavy atom. The molecule has 5 heteroatoms. The molecule has 0 aromatic heterocycles. The molecule has 0 aliphatic heterocycles. The van der Waals surface area contributed by atoms with Gasteiger partial charge in [-0.1, -0.05) is 18.2 Å². The molecule has 0 heterocycles. The molecule has 21 heavy (non-hydrogen) atoms. The molecule has 2 aromatic rings. The van der Waals surface area contributed by atoms with Gasteiger partial charge in [0.15, 0.2) is 0 Å². The SMILES string of the molecule is COc1ccccc1NS(=O)(=O)c1ccc2c(c1)CCC2. The minimum atomic E-state index is -3.60. The third-order valence-electron chi connectivity index (χ3n) is 3.73. The fraction of sp³-hybridized carbons (Fsp3) is 0.250. The fourth-order valence-corrected chi connectivity index (χ4v) is 3.77. The molecule has 2 aromatic carbocycles. The van der Waals surface area contributed by atoms with Gasteiger partial charge in [0.2, 0.25) is 0 Å². The summed E-state index contributed by atoms with van der Waals surface area (Å²) in [7, 11) is -2.08. The van der Waals surface area contributed by atoms with Gasteiger partial charge in [-0.2, -0.15) is 0 Å². The molecule has 0 bridgehead atoms. The van der Waals surface area contributed by atoms with E-state index in [1.54, 1.807) is 36.4 Å². The summed E-state index contributed by atoms with van der Waals surface area (Å²) in [5, 5.41) is 0. The molecule has 0 saturated carbocycles. The fourth-order valence-electron chi connectivity index (χ4n) is 2.65. The zero-order valence-electron chi connectivity index (χ0n) is 11.8. The quantitative estimate of drug-likeness (QED) is 0.944. The Balaban J connectivity index is 1.94. The van der Waals surface area contributed by atoms with E-state index in [4.69, 9.17) is 4.74 Å². The van der Waals surface area contributed by atoms with Crippen molar-refractivity contribution in [1.82, 2.24) is 0 Å². The molecule has 0 spiro atoms. The monoisotopic (exact) mass is 303 g/mol. The summed E-state index contributed by atoms with van der Waals surface area (Å²) in [5.41, 5.74) is 2.84. The number of nitrogens with one attached hydrogen (secondary N) is 1. The van der Waals surface area contributed by atoms with E-state index in [1.165, 1.54) is 12.7 Å². The molecule has 110 valence electrons. The van der Waals surface area contributed by atoms with Crippen LogP contribution in [0, 0.1) is 0 Å². The second-order valence-electron chi connectivity index (χ2n) is 5.09. The van der Waals surface area contributed by atoms with Crippen molar-refractivity contribution < 1.29 is 13.2 Å². The molecule has 0 unspecified atom stereocenters. The predicted molar refractivity (Wildman–Crippen MR) is 82.3 cm³/mol. The number of hydrogen-bond acceptors (Lipinski definition) is 3. The summed E-state index contributed by atoms with van der Waals surface area (Å²) in [4.78, 5) is 0.300. The lowest BCUT2D eigenvalue weighted by atomic mass is 10.1. The van der Waals surface area contributed by atoms with E-state index in [0.29, 0.717) is 16.3 Å². The van der Waals surface area contributed by atoms with Crippen molar-refractivity contribution in [3.05, 3.63) is 53.6 Å². The Morgan fingerprint density at radius 3 is 2.62 bits per heavy atom. The van der Waals surface area contributed by atoms with Crippen LogP contribution in [0.1, 0.15) is 17.5 Å². The largest absolute Gasteiger partial charge is 0.495 e. The van der Waals surface area contributed by atoms with E-state index < -0.39 is 10.0 Å². The summed E-state index contributed by atoms with van der Waals surface area (Å²) in [6, 6.07) is 12.3. The minimum Gasteiger partial charge on any atom is -0.495 e. The maximum absolute atomic E-state index is 12.5. The van der Waals surface area contributed by atoms with Crippen LogP contribution in [0.3, 0.4) is 0 Å². The molecule has 0 atom stereocenters. The second kappa shape index (κ2) is 5.41. The van der Waals surface area contributed by atoms with Crippen molar-refractivity contribution in [2.45, 2.75) is 24.2 Å². The van der Waals surface area contributed by atoms with Crippen molar-refractivity contribution in [3.63, 3.8) is 0 Å². The zero-order valence-corrected chi connectivity index (χ0v) is 12.6. The normalized spacial score (nSPS) is 13.8. The lowest BCUT2D eigenvalue weighted by Crippen LogP contribution is -2.14. The van der Waals surface area contributed by atoms with E-state index in [1.807, 2.05) is 6.07 Å². The van der Waals surface area contributed by atoms with Crippen molar-refractivity contribution in [3.8, 4) is 5.75 Å². The van der Waals surface area contributed by atoms with Crippen molar-refractivity contribution in [1.29, 1.82) is 0 Å². The molecule has 0 saturated heterocycles. The molecule has 4 nitrogen and oxygen atoms in total. The summed E-state index contributed by atoms with van der Waals surface area (Å²) < 4.78 is 32.8. The molecule has 0 fully saturated rings. The van der Waals surface area contributed by atoms with Crippen LogP contribution in [0.4, 0.5) is 5.69 Å². The smallest absolute Gasteiger partial charge is 0.262 e. The third-order valence-corrected chi connectivity index (χ3v) is 5.09. The maximum Gasteiger partial charge on any atom is 0.262 e. The highest BCUT2D eigenvalue weighted by Crippen LogP contribution is 2.28. The van der Waals surface area contributed by atoms with E-state index in [-0.39, 0.29) is 0 Å². The maximum atomic E-state index is 12.5. The number of aryl methyl sites for hydroxylation is 2. The van der Waals surface area contributed by atoms with Crippen LogP contribution in [-0.4, -0.2) is 15.5 Å². The lowest BCUT2D eigenvalue weighted by molar-refractivity contribution is 0.417. The van der Waals surface area contributed by atoms with Crippen molar-refractivity contribution in [2.75, 3.05) is 11.8 Å². The average Bonchev–Trinajstić information content (AvgIpc) is 2.95. The van der Waals surface area contributed by atoms with Crippen LogP contribution < -0.4 is 9.46 Å². The lowest BCUT2D eigenvalue weighted by Gasteiger charge is -2.12. The Hall–Kier alpha value is -2.01. The minimum absolute atomic E-state index is 0.300. The number of methoxy groups -OCH3 is 1. The van der Waals surface area contributed by atoms with Crippen LogP contribution in [0.2, 0.25) is 0 Å². The van der Waals surface area contributed by atoms with Crippen LogP contribution >= 0.6 is 0 Å². The van der Waals surface area contributed by atoms with Gasteiger partial charge in [-0.15, -0.1) is 0 Å². The topological polar surface area (TPSA) is 55.4 Å². The van der Waals surface area contributed by atoms with Gasteiger partial charge in [0.25, 0.3) is 10.0 Å². The van der Waals surface area contributed by atoms with E-state index in [0.717, 1.165) is 24.8 Å². The molecular formula is C16H17NO3S. The number of fused-ring (bicyclic) bond motifs is 1. The van der Waals surface area contributed by atoms with Gasteiger partial charge in [-0.3, -0.25) is 4.72 Å². The first kappa shape index (κ1) is 13.9. The second-order valence-corrected chi connectivity index (χ2v) is 6.77. The third kappa shape index (κ3) is 2.74. The number of rotatable bonds is 4. The van der Waals surface area contributed by atoms with Gasteiger partial charge in [0.1, 0.15) is 5.75 Å². The van der Waals surface area contributed by atoms with Crippen molar-refractivity contribution in [2.24, 2.45) is 0 Å². The molecule has 1 aliphatic carbocycles. The first-order valence-corrected chi connectivity index (χ1v) is 8.36. The highest BCUT2D eigenvalue weighted by molar-refractivity contribution is 7.92. The summed E-state index contributed by atoms with van der Waals surface area (Å²) >= 11 is 0. The van der Waals surface area contributed by atoms with Gasteiger partial charge in [-0.25, -0.2) is 8.42 Å². The number of hydrogen-bond donors (Lipinski definition) is 1. The van der Waals surface area contributed by atoms with E-state index in [2.05, 4.69) is 4.72 Å². The Bertz CT molecular complexity index is 769. The number of sulfonamides is 1. The molecule has 3 rings (SSSR count). The van der Waals surface area contributed by atoms with Crippen molar-refractivity contribution >= 4 is 15.7 Å². The van der Waals surface area contributed by atoms with Gasteiger partial charge in [-0.05, 0) is 54.7 Å². The van der Waals surface area contributed by atoms with Crippen LogP contribution in [0.5, 0.6) is 5.75 Å². The Kier molecular flexibility index (Phi) is 3.59. The molecule has 1 N–H and O–H groups in total. The van der Waals surface area contributed by atoms with Gasteiger partial charge in [0, 0.05) is 0 Å². The number of para-hydroxylation sites is 2. The van der Waals surface area contributed by atoms with Crippen LogP contribution in [-0.2, 0) is 22.9 Å². The standard InChI is InChI=1S/C16H17NO3S/c1-20-16-8-3-2-7-15(16)17-21(18,19)14-10-9-12-5-4-6-13(12)11-14/h2-3,7-11,17H,4-6H2,1H3. The highest BCUT2D eigenvalue weighted by Gasteiger charge is 2.19. The van der Waals surface area contributed by atoms with Crippen LogP contribution in [0.15, 0.2) is 47.4 Å². The summed E-state index contributed by atoms with van der Waals surface area (Å²) in [5.74, 6) is 0.502. The molecular weight excluding hydrogens is 286 g/mol. The molecule has 0 radical (unpaired) electrons.